The van der Waals surface area contributed by atoms with Gasteiger partial charge in [0.25, 0.3) is 11.1 Å². The summed E-state index contributed by atoms with van der Waals surface area (Å²) in [4.78, 5) is 77.5. The molecule has 0 aliphatic carbocycles. The van der Waals surface area contributed by atoms with E-state index in [0.29, 0.717) is 22.0 Å². The van der Waals surface area contributed by atoms with E-state index < -0.39 is 57.9 Å². The van der Waals surface area contributed by atoms with Crippen molar-refractivity contribution in [1.82, 2.24) is 19.1 Å². The number of nitrogens with one attached hydrogen (secondary N) is 2. The van der Waals surface area contributed by atoms with E-state index in [4.69, 9.17) is 28.5 Å². The third-order valence-corrected chi connectivity index (χ3v) is 7.41. The smallest absolute Gasteiger partial charge is 0.290 e. The second-order valence-electron chi connectivity index (χ2n) is 10.3. The standard InChI is InChI=1S/C17H14F3N3O3.C15H14Cl2N2O3/c1-3-23-13(12(7-17(18,19)20)15(25)22-16(23)26)14(24)11-5-9(2)4-10(6-11)8-21;1-3-11-12(19(4-2)15(22)18-14(11)21)13(20)8-5-9(16)7-10(17)6-8/h4-6H,3,7H2,1-2H3,(H,22,25,26);5-7H,3-4H2,1-2H3,(H,18,21,22). The maximum absolute atomic E-state index is 12.9. The van der Waals surface area contributed by atoms with E-state index in [9.17, 15) is 41.9 Å². The second-order valence-corrected chi connectivity index (χ2v) is 11.2. The van der Waals surface area contributed by atoms with Crippen LogP contribution in [0.5, 0.6) is 0 Å². The lowest BCUT2D eigenvalue weighted by Gasteiger charge is -2.15. The monoisotopic (exact) mass is 705 g/mol. The van der Waals surface area contributed by atoms with Crippen LogP contribution < -0.4 is 22.5 Å². The SMILES string of the molecule is CCc1c(C(=O)c2cc(Cl)cc(Cl)c2)n(CC)c(=O)[nH]c1=O.CCn1c(C(=O)c2cc(C)cc(C#N)c2)c(CC(F)(F)F)c(=O)[nH]c1=O. The van der Waals surface area contributed by atoms with Crippen molar-refractivity contribution in [2.75, 3.05) is 0 Å². The molecule has 252 valence electrons. The molecule has 4 rings (SSSR count). The van der Waals surface area contributed by atoms with Crippen molar-refractivity contribution in [3.05, 3.63) is 133 Å². The number of nitriles is 1. The highest BCUT2D eigenvalue weighted by molar-refractivity contribution is 6.35. The Hall–Kier alpha value is -5.00. The van der Waals surface area contributed by atoms with Crippen LogP contribution in [0, 0.1) is 18.3 Å². The number of hydrogen-bond acceptors (Lipinski definition) is 7. The molecule has 0 atom stereocenters. The highest BCUT2D eigenvalue weighted by Gasteiger charge is 2.34. The van der Waals surface area contributed by atoms with Crippen molar-refractivity contribution < 1.29 is 22.8 Å². The molecule has 0 radical (unpaired) electrons. The quantitative estimate of drug-likeness (QED) is 0.250. The molecule has 2 aromatic carbocycles. The van der Waals surface area contributed by atoms with Crippen molar-refractivity contribution in [2.45, 2.75) is 59.8 Å². The number of benzene rings is 2. The van der Waals surface area contributed by atoms with E-state index in [1.807, 2.05) is 11.1 Å². The summed E-state index contributed by atoms with van der Waals surface area (Å²) in [6.07, 6.45) is -6.08. The van der Waals surface area contributed by atoms with E-state index in [0.717, 1.165) is 4.57 Å². The van der Waals surface area contributed by atoms with Crippen molar-refractivity contribution >= 4 is 34.8 Å². The van der Waals surface area contributed by atoms with Gasteiger partial charge < -0.3 is 0 Å². The van der Waals surface area contributed by atoms with Crippen molar-refractivity contribution in [3.8, 4) is 6.07 Å². The molecule has 4 aromatic rings. The fraction of sp³-hybridized carbons (Fsp3) is 0.281. The fourth-order valence-corrected chi connectivity index (χ4v) is 5.50. The van der Waals surface area contributed by atoms with Crippen LogP contribution >= 0.6 is 23.2 Å². The predicted molar refractivity (Wildman–Crippen MR) is 172 cm³/mol. The number of halogens is 5. The average Bonchev–Trinajstić information content (AvgIpc) is 3.00. The van der Waals surface area contributed by atoms with Crippen molar-refractivity contribution in [1.29, 1.82) is 5.26 Å². The van der Waals surface area contributed by atoms with Crippen LogP contribution in [0.25, 0.3) is 0 Å². The van der Waals surface area contributed by atoms with E-state index in [-0.39, 0.29) is 41.0 Å². The molecule has 2 heterocycles. The number of hydrogen-bond donors (Lipinski definition) is 2. The third-order valence-electron chi connectivity index (χ3n) is 6.98. The lowest BCUT2D eigenvalue weighted by Crippen LogP contribution is -2.38. The van der Waals surface area contributed by atoms with Gasteiger partial charge in [-0.15, -0.1) is 0 Å². The first-order valence-electron chi connectivity index (χ1n) is 14.3. The van der Waals surface area contributed by atoms with Crippen LogP contribution in [0.1, 0.15) is 75.1 Å². The van der Waals surface area contributed by atoms with Gasteiger partial charge in [0, 0.05) is 39.8 Å². The molecule has 0 aliphatic heterocycles. The maximum Gasteiger partial charge on any atom is 0.393 e. The highest BCUT2D eigenvalue weighted by Crippen LogP contribution is 2.24. The fourth-order valence-electron chi connectivity index (χ4n) is 4.98. The summed E-state index contributed by atoms with van der Waals surface area (Å²) in [6, 6.07) is 10.4. The number of aryl methyl sites for hydroxylation is 1. The van der Waals surface area contributed by atoms with Gasteiger partial charge in [-0.3, -0.25) is 38.3 Å². The van der Waals surface area contributed by atoms with Crippen LogP contribution in [-0.4, -0.2) is 36.8 Å². The number of nitrogens with zero attached hydrogens (tertiary/aromatic N) is 3. The molecule has 0 saturated heterocycles. The first-order valence-corrected chi connectivity index (χ1v) is 15.1. The van der Waals surface area contributed by atoms with Crippen LogP contribution in [0.4, 0.5) is 13.2 Å². The number of rotatable bonds is 8. The van der Waals surface area contributed by atoms with Gasteiger partial charge in [0.05, 0.1) is 23.6 Å². The number of alkyl halides is 3. The molecule has 2 N–H and O–H groups in total. The van der Waals surface area contributed by atoms with E-state index in [2.05, 4.69) is 4.98 Å². The molecular formula is C32H28Cl2F3N5O6. The number of aromatic amines is 2. The molecule has 0 amide bonds. The third kappa shape index (κ3) is 8.47. The molecule has 16 heteroatoms. The molecule has 0 spiro atoms. The molecule has 2 aromatic heterocycles. The number of aromatic nitrogens is 4. The first kappa shape index (κ1) is 37.5. The summed E-state index contributed by atoms with van der Waals surface area (Å²) < 4.78 is 40.7. The number of carbonyl (C=O) groups excluding carboxylic acids is 2. The Bertz CT molecular complexity index is 2140. The zero-order valence-corrected chi connectivity index (χ0v) is 27.5. The van der Waals surface area contributed by atoms with E-state index in [1.54, 1.807) is 20.8 Å². The van der Waals surface area contributed by atoms with Gasteiger partial charge in [0.15, 0.2) is 0 Å². The Balaban J connectivity index is 0.000000264. The Kier molecular flexibility index (Phi) is 11.9. The minimum absolute atomic E-state index is 0.0721. The van der Waals surface area contributed by atoms with Gasteiger partial charge in [0.1, 0.15) is 11.4 Å². The van der Waals surface area contributed by atoms with Gasteiger partial charge in [0.2, 0.25) is 11.6 Å². The molecular weight excluding hydrogens is 678 g/mol. The average molecular weight is 707 g/mol. The second kappa shape index (κ2) is 15.3. The topological polar surface area (TPSA) is 168 Å². The van der Waals surface area contributed by atoms with Gasteiger partial charge in [-0.2, -0.15) is 18.4 Å². The first-order chi connectivity index (χ1) is 22.5. The number of H-pyrrole nitrogens is 2. The van der Waals surface area contributed by atoms with Gasteiger partial charge in [-0.25, -0.2) is 9.59 Å². The summed E-state index contributed by atoms with van der Waals surface area (Å²) in [7, 11) is 0. The summed E-state index contributed by atoms with van der Waals surface area (Å²) in [6.45, 7) is 6.69. The molecule has 0 saturated carbocycles. The molecule has 0 aliphatic rings. The molecule has 0 fully saturated rings. The largest absolute Gasteiger partial charge is 0.393 e. The van der Waals surface area contributed by atoms with Crippen LogP contribution in [-0.2, 0) is 25.9 Å². The van der Waals surface area contributed by atoms with E-state index >= 15 is 0 Å². The zero-order chi connectivity index (χ0) is 36.1. The summed E-state index contributed by atoms with van der Waals surface area (Å²) in [5.74, 6) is -1.37. The summed E-state index contributed by atoms with van der Waals surface area (Å²) in [5, 5.41) is 9.63. The minimum atomic E-state index is -4.75. The zero-order valence-electron chi connectivity index (χ0n) is 26.0. The lowest BCUT2D eigenvalue weighted by molar-refractivity contribution is -0.127. The Morgan fingerprint density at radius 2 is 1.23 bits per heavy atom. The van der Waals surface area contributed by atoms with Gasteiger partial charge in [-0.1, -0.05) is 30.1 Å². The highest BCUT2D eigenvalue weighted by atomic mass is 35.5. The predicted octanol–water partition coefficient (Wildman–Crippen LogP) is 4.73. The van der Waals surface area contributed by atoms with Gasteiger partial charge in [-0.05, 0) is 69.2 Å². The molecule has 48 heavy (non-hydrogen) atoms. The molecule has 0 unspecified atom stereocenters. The van der Waals surface area contributed by atoms with Crippen molar-refractivity contribution in [2.24, 2.45) is 0 Å². The van der Waals surface area contributed by atoms with E-state index in [1.165, 1.54) is 47.9 Å². The number of ketones is 2. The van der Waals surface area contributed by atoms with Crippen LogP contribution in [0.3, 0.4) is 0 Å². The van der Waals surface area contributed by atoms with Crippen molar-refractivity contribution in [3.63, 3.8) is 0 Å². The molecule has 11 nitrogen and oxygen atoms in total. The minimum Gasteiger partial charge on any atom is -0.290 e. The lowest BCUT2D eigenvalue weighted by atomic mass is 9.98. The maximum atomic E-state index is 12.9. The van der Waals surface area contributed by atoms with Gasteiger partial charge >= 0.3 is 17.6 Å². The normalized spacial score (nSPS) is 11.0. The summed E-state index contributed by atoms with van der Waals surface area (Å²) >= 11 is 11.8. The molecule has 0 bridgehead atoms. The Morgan fingerprint density at radius 1 is 0.771 bits per heavy atom. The Labute approximate surface area is 280 Å². The van der Waals surface area contributed by atoms with Crippen LogP contribution in [0.2, 0.25) is 10.0 Å². The summed E-state index contributed by atoms with van der Waals surface area (Å²) in [5.41, 5.74) is -3.64. The number of carbonyl (C=O) groups is 2. The van der Waals surface area contributed by atoms with Crippen LogP contribution in [0.15, 0.2) is 55.6 Å². The Morgan fingerprint density at radius 3 is 1.67 bits per heavy atom.